The van der Waals surface area contributed by atoms with Gasteiger partial charge in [0.1, 0.15) is 11.6 Å². The van der Waals surface area contributed by atoms with Crippen LogP contribution in [0.2, 0.25) is 0 Å². The van der Waals surface area contributed by atoms with E-state index in [1.165, 1.54) is 18.2 Å². The first kappa shape index (κ1) is 17.2. The van der Waals surface area contributed by atoms with Crippen molar-refractivity contribution in [3.63, 3.8) is 0 Å². The van der Waals surface area contributed by atoms with E-state index >= 15 is 0 Å². The van der Waals surface area contributed by atoms with E-state index in [0.717, 1.165) is 18.8 Å². The van der Waals surface area contributed by atoms with Gasteiger partial charge in [-0.05, 0) is 30.7 Å². The van der Waals surface area contributed by atoms with Gasteiger partial charge in [-0.15, -0.1) is 0 Å². The summed E-state index contributed by atoms with van der Waals surface area (Å²) >= 11 is 0. The molecule has 2 aromatic carbocycles. The first-order valence-electron chi connectivity index (χ1n) is 8.41. The van der Waals surface area contributed by atoms with Crippen molar-refractivity contribution >= 4 is 11.7 Å². The number of nitrogens with zero attached hydrogens (tertiary/aromatic N) is 2. The van der Waals surface area contributed by atoms with Crippen molar-refractivity contribution < 1.29 is 13.6 Å². The fourth-order valence-electron chi connectivity index (χ4n) is 2.98. The number of benzene rings is 2. The van der Waals surface area contributed by atoms with Crippen LogP contribution in [0.4, 0.5) is 19.3 Å². The van der Waals surface area contributed by atoms with E-state index in [2.05, 4.69) is 22.3 Å². The smallest absolute Gasteiger partial charge is 0.317 e. The molecule has 3 rings (SSSR count). The summed E-state index contributed by atoms with van der Waals surface area (Å²) in [5.41, 5.74) is 1.16. The zero-order valence-electron chi connectivity index (χ0n) is 13.9. The Kier molecular flexibility index (Phi) is 5.48. The van der Waals surface area contributed by atoms with E-state index in [4.69, 9.17) is 0 Å². The van der Waals surface area contributed by atoms with Crippen LogP contribution in [0, 0.1) is 11.6 Å². The molecule has 1 aliphatic rings. The standard InChI is InChI=1S/C19H21F2N3O/c20-17-7-4-8-18(21)16(17)9-10-22-19(25)24-13-11-23(12-14-24)15-5-2-1-3-6-15/h1-8H,9-14H2,(H,22,25). The topological polar surface area (TPSA) is 35.6 Å². The molecule has 6 heteroatoms. The van der Waals surface area contributed by atoms with Crippen LogP contribution in [0.15, 0.2) is 48.5 Å². The number of urea groups is 1. The molecule has 2 aromatic rings. The maximum atomic E-state index is 13.6. The molecule has 132 valence electrons. The minimum Gasteiger partial charge on any atom is -0.368 e. The highest BCUT2D eigenvalue weighted by Gasteiger charge is 2.21. The van der Waals surface area contributed by atoms with Gasteiger partial charge in [0, 0.05) is 44.0 Å². The van der Waals surface area contributed by atoms with E-state index in [9.17, 15) is 13.6 Å². The van der Waals surface area contributed by atoms with Crippen LogP contribution in [-0.2, 0) is 6.42 Å². The maximum Gasteiger partial charge on any atom is 0.317 e. The number of para-hydroxylation sites is 1. The summed E-state index contributed by atoms with van der Waals surface area (Å²) in [7, 11) is 0. The number of nitrogens with one attached hydrogen (secondary N) is 1. The van der Waals surface area contributed by atoms with Crippen molar-refractivity contribution in [2.45, 2.75) is 6.42 Å². The lowest BCUT2D eigenvalue weighted by Crippen LogP contribution is -2.52. The largest absolute Gasteiger partial charge is 0.368 e. The third-order valence-corrected chi connectivity index (χ3v) is 4.40. The summed E-state index contributed by atoms with van der Waals surface area (Å²) in [4.78, 5) is 16.2. The molecule has 0 spiro atoms. The third-order valence-electron chi connectivity index (χ3n) is 4.40. The van der Waals surface area contributed by atoms with E-state index in [0.29, 0.717) is 13.1 Å². The summed E-state index contributed by atoms with van der Waals surface area (Å²) in [6, 6.07) is 13.7. The van der Waals surface area contributed by atoms with Gasteiger partial charge >= 0.3 is 6.03 Å². The molecule has 0 aliphatic carbocycles. The van der Waals surface area contributed by atoms with Crippen LogP contribution in [0.5, 0.6) is 0 Å². The molecule has 0 bridgehead atoms. The van der Waals surface area contributed by atoms with Crippen molar-refractivity contribution in [2.24, 2.45) is 0 Å². The number of rotatable bonds is 4. The molecule has 0 aromatic heterocycles. The maximum absolute atomic E-state index is 13.6. The quantitative estimate of drug-likeness (QED) is 0.925. The van der Waals surface area contributed by atoms with Crippen LogP contribution >= 0.6 is 0 Å². The summed E-state index contributed by atoms with van der Waals surface area (Å²) < 4.78 is 27.1. The highest BCUT2D eigenvalue weighted by molar-refractivity contribution is 5.74. The average Bonchev–Trinajstić information content (AvgIpc) is 2.65. The monoisotopic (exact) mass is 345 g/mol. The number of hydrogen-bond donors (Lipinski definition) is 1. The van der Waals surface area contributed by atoms with E-state index in [1.54, 1.807) is 4.90 Å². The molecule has 25 heavy (non-hydrogen) atoms. The molecule has 0 unspecified atom stereocenters. The van der Waals surface area contributed by atoms with Gasteiger partial charge in [-0.1, -0.05) is 24.3 Å². The Hall–Kier alpha value is -2.63. The van der Waals surface area contributed by atoms with Gasteiger partial charge in [0.05, 0.1) is 0 Å². The summed E-state index contributed by atoms with van der Waals surface area (Å²) in [6.07, 6.45) is 0.133. The summed E-state index contributed by atoms with van der Waals surface area (Å²) in [5, 5.41) is 2.75. The molecule has 2 amide bonds. The number of hydrogen-bond acceptors (Lipinski definition) is 2. The Morgan fingerprint density at radius 3 is 2.20 bits per heavy atom. The Bertz CT molecular complexity index is 696. The van der Waals surface area contributed by atoms with Crippen molar-refractivity contribution in [1.29, 1.82) is 0 Å². The summed E-state index contributed by atoms with van der Waals surface area (Å²) in [5.74, 6) is -1.16. The lowest BCUT2D eigenvalue weighted by molar-refractivity contribution is 0.194. The first-order chi connectivity index (χ1) is 12.1. The van der Waals surface area contributed by atoms with Gasteiger partial charge < -0.3 is 15.1 Å². The lowest BCUT2D eigenvalue weighted by Gasteiger charge is -2.36. The van der Waals surface area contributed by atoms with Crippen LogP contribution < -0.4 is 10.2 Å². The molecular formula is C19H21F2N3O. The SMILES string of the molecule is O=C(NCCc1c(F)cccc1F)N1CCN(c2ccccc2)CC1. The molecule has 4 nitrogen and oxygen atoms in total. The van der Waals surface area contributed by atoms with Gasteiger partial charge in [-0.25, -0.2) is 13.6 Å². The van der Waals surface area contributed by atoms with Crippen molar-refractivity contribution in [3.05, 3.63) is 65.7 Å². The minimum absolute atomic E-state index is 0.0108. The predicted octanol–water partition coefficient (Wildman–Crippen LogP) is 3.04. The van der Waals surface area contributed by atoms with Gasteiger partial charge in [0.2, 0.25) is 0 Å². The van der Waals surface area contributed by atoms with Gasteiger partial charge in [-0.2, -0.15) is 0 Å². The Labute approximate surface area is 146 Å². The van der Waals surface area contributed by atoms with Crippen molar-refractivity contribution in [1.82, 2.24) is 10.2 Å². The number of piperazine rings is 1. The first-order valence-corrected chi connectivity index (χ1v) is 8.41. The lowest BCUT2D eigenvalue weighted by atomic mass is 10.1. The molecule has 1 heterocycles. The molecule has 1 N–H and O–H groups in total. The van der Waals surface area contributed by atoms with Crippen LogP contribution in [0.3, 0.4) is 0 Å². The predicted molar refractivity (Wildman–Crippen MR) is 93.7 cm³/mol. The molecule has 0 radical (unpaired) electrons. The van der Waals surface area contributed by atoms with Gasteiger partial charge in [-0.3, -0.25) is 0 Å². The zero-order valence-corrected chi connectivity index (χ0v) is 13.9. The molecule has 1 saturated heterocycles. The van der Waals surface area contributed by atoms with Crippen LogP contribution in [0.1, 0.15) is 5.56 Å². The fraction of sp³-hybridized carbons (Fsp3) is 0.316. The second-order valence-corrected chi connectivity index (χ2v) is 5.99. The average molecular weight is 345 g/mol. The Morgan fingerprint density at radius 1 is 0.920 bits per heavy atom. The zero-order chi connectivity index (χ0) is 17.6. The van der Waals surface area contributed by atoms with E-state index < -0.39 is 11.6 Å². The van der Waals surface area contributed by atoms with E-state index in [-0.39, 0.29) is 24.6 Å². The van der Waals surface area contributed by atoms with Crippen LogP contribution in [0.25, 0.3) is 0 Å². The molecule has 1 aliphatic heterocycles. The number of carbonyl (C=O) groups excluding carboxylic acids is 1. The minimum atomic E-state index is -0.578. The third kappa shape index (κ3) is 4.26. The van der Waals surface area contributed by atoms with Crippen molar-refractivity contribution in [3.8, 4) is 0 Å². The van der Waals surface area contributed by atoms with Gasteiger partial charge in [0.25, 0.3) is 0 Å². The highest BCUT2D eigenvalue weighted by atomic mass is 19.1. The number of anilines is 1. The number of carbonyl (C=O) groups is 1. The van der Waals surface area contributed by atoms with Gasteiger partial charge in [0.15, 0.2) is 0 Å². The second kappa shape index (κ2) is 7.96. The molecule has 0 atom stereocenters. The van der Waals surface area contributed by atoms with Crippen molar-refractivity contribution in [2.75, 3.05) is 37.6 Å². The molecular weight excluding hydrogens is 324 g/mol. The molecule has 1 fully saturated rings. The number of halogens is 2. The molecule has 0 saturated carbocycles. The normalized spacial score (nSPS) is 14.5. The Morgan fingerprint density at radius 2 is 1.56 bits per heavy atom. The second-order valence-electron chi connectivity index (χ2n) is 5.99. The fourth-order valence-corrected chi connectivity index (χ4v) is 2.98. The summed E-state index contributed by atoms with van der Waals surface area (Å²) in [6.45, 7) is 2.97. The Balaban J connectivity index is 1.45. The number of amides is 2. The van der Waals surface area contributed by atoms with Crippen LogP contribution in [-0.4, -0.2) is 43.7 Å². The highest BCUT2D eigenvalue weighted by Crippen LogP contribution is 2.15. The van der Waals surface area contributed by atoms with E-state index in [1.807, 2.05) is 18.2 Å².